The number of rotatable bonds is 4. The molecule has 0 aliphatic carbocycles. The number of nitrogen functional groups attached to an aromatic ring is 1. The minimum atomic E-state index is 0.642. The fourth-order valence-electron chi connectivity index (χ4n) is 1.51. The first-order valence-electron chi connectivity index (χ1n) is 5.15. The van der Waals surface area contributed by atoms with Crippen molar-refractivity contribution in [2.24, 2.45) is 0 Å². The van der Waals surface area contributed by atoms with Crippen LogP contribution in [0.15, 0.2) is 18.2 Å². The highest BCUT2D eigenvalue weighted by molar-refractivity contribution is 7.22. The van der Waals surface area contributed by atoms with Gasteiger partial charge in [-0.2, -0.15) is 0 Å². The molecule has 0 bridgehead atoms. The summed E-state index contributed by atoms with van der Waals surface area (Å²) in [5, 5.41) is 4.02. The van der Waals surface area contributed by atoms with Gasteiger partial charge in [0.25, 0.3) is 0 Å². The van der Waals surface area contributed by atoms with E-state index in [0.717, 1.165) is 25.0 Å². The van der Waals surface area contributed by atoms with Crippen LogP contribution < -0.4 is 11.1 Å². The number of hydrogen-bond donors (Lipinski definition) is 2. The van der Waals surface area contributed by atoms with Gasteiger partial charge in [0.15, 0.2) is 5.13 Å². The molecule has 0 saturated heterocycles. The van der Waals surface area contributed by atoms with Gasteiger partial charge in [0, 0.05) is 6.54 Å². The Bertz CT molecular complexity index is 450. The van der Waals surface area contributed by atoms with E-state index in [1.807, 2.05) is 6.07 Å². The lowest BCUT2D eigenvalue weighted by Crippen LogP contribution is -2.13. The van der Waals surface area contributed by atoms with Crippen molar-refractivity contribution in [1.82, 2.24) is 10.3 Å². The minimum Gasteiger partial charge on any atom is -0.375 e. The predicted molar refractivity (Wildman–Crippen MR) is 66.0 cm³/mol. The van der Waals surface area contributed by atoms with Crippen LogP contribution in [-0.4, -0.2) is 11.5 Å². The van der Waals surface area contributed by atoms with Crippen molar-refractivity contribution in [3.05, 3.63) is 23.8 Å². The largest absolute Gasteiger partial charge is 0.375 e. The zero-order chi connectivity index (χ0) is 10.7. The number of hydrogen-bond acceptors (Lipinski definition) is 4. The molecular weight excluding hydrogens is 206 g/mol. The van der Waals surface area contributed by atoms with E-state index in [4.69, 9.17) is 5.73 Å². The number of benzene rings is 1. The van der Waals surface area contributed by atoms with Gasteiger partial charge in [-0.15, -0.1) is 0 Å². The molecule has 0 unspecified atom stereocenters. The Balaban J connectivity index is 2.15. The van der Waals surface area contributed by atoms with E-state index in [2.05, 4.69) is 29.4 Å². The van der Waals surface area contributed by atoms with Crippen LogP contribution in [0.5, 0.6) is 0 Å². The molecule has 0 spiro atoms. The fourth-order valence-corrected chi connectivity index (χ4v) is 2.30. The number of nitrogens with two attached hydrogens (primary N) is 1. The van der Waals surface area contributed by atoms with Crippen LogP contribution >= 0.6 is 11.3 Å². The van der Waals surface area contributed by atoms with E-state index in [-0.39, 0.29) is 0 Å². The Labute approximate surface area is 93.3 Å². The molecule has 3 N–H and O–H groups in total. The molecule has 0 saturated carbocycles. The predicted octanol–water partition coefficient (Wildman–Crippen LogP) is 2.38. The molecule has 2 aromatic rings. The highest BCUT2D eigenvalue weighted by Gasteiger charge is 2.01. The van der Waals surface area contributed by atoms with Gasteiger partial charge in [0.05, 0.1) is 10.2 Å². The Kier molecular flexibility index (Phi) is 3.18. The molecule has 2 rings (SSSR count). The molecule has 0 aliphatic rings. The van der Waals surface area contributed by atoms with Crippen molar-refractivity contribution in [2.75, 3.05) is 12.3 Å². The zero-order valence-electron chi connectivity index (χ0n) is 8.79. The van der Waals surface area contributed by atoms with Gasteiger partial charge in [0.1, 0.15) is 0 Å². The third-order valence-corrected chi connectivity index (χ3v) is 3.07. The topological polar surface area (TPSA) is 50.9 Å². The van der Waals surface area contributed by atoms with Gasteiger partial charge in [-0.25, -0.2) is 4.98 Å². The maximum atomic E-state index is 5.65. The smallest absolute Gasteiger partial charge is 0.181 e. The van der Waals surface area contributed by atoms with Crippen LogP contribution in [0.2, 0.25) is 0 Å². The SMILES string of the molecule is CCCNCc1ccc2nc(N)sc2c1. The van der Waals surface area contributed by atoms with Crippen molar-refractivity contribution in [2.45, 2.75) is 19.9 Å². The number of nitrogens with one attached hydrogen (secondary N) is 1. The highest BCUT2D eigenvalue weighted by Crippen LogP contribution is 2.24. The van der Waals surface area contributed by atoms with Gasteiger partial charge >= 0.3 is 0 Å². The number of thiazole rings is 1. The molecule has 80 valence electrons. The fraction of sp³-hybridized carbons (Fsp3) is 0.364. The molecule has 15 heavy (non-hydrogen) atoms. The first-order chi connectivity index (χ1) is 7.29. The number of fused-ring (bicyclic) bond motifs is 1. The summed E-state index contributed by atoms with van der Waals surface area (Å²) in [4.78, 5) is 4.23. The highest BCUT2D eigenvalue weighted by atomic mass is 32.1. The second-order valence-corrected chi connectivity index (χ2v) is 4.59. The molecule has 3 nitrogen and oxygen atoms in total. The van der Waals surface area contributed by atoms with Crippen LogP contribution in [0, 0.1) is 0 Å². The Morgan fingerprint density at radius 1 is 1.47 bits per heavy atom. The Morgan fingerprint density at radius 2 is 2.33 bits per heavy atom. The maximum absolute atomic E-state index is 5.65. The van der Waals surface area contributed by atoms with Crippen LogP contribution in [0.4, 0.5) is 5.13 Å². The van der Waals surface area contributed by atoms with Crippen LogP contribution in [0.25, 0.3) is 10.2 Å². The van der Waals surface area contributed by atoms with Crippen molar-refractivity contribution in [1.29, 1.82) is 0 Å². The molecule has 1 aromatic heterocycles. The van der Waals surface area contributed by atoms with Crippen molar-refractivity contribution in [3.8, 4) is 0 Å². The summed E-state index contributed by atoms with van der Waals surface area (Å²) in [7, 11) is 0. The lowest BCUT2D eigenvalue weighted by molar-refractivity contribution is 0.676. The van der Waals surface area contributed by atoms with Gasteiger partial charge in [-0.1, -0.05) is 24.3 Å². The number of aromatic nitrogens is 1. The Morgan fingerprint density at radius 3 is 3.13 bits per heavy atom. The molecule has 0 fully saturated rings. The van der Waals surface area contributed by atoms with Gasteiger partial charge < -0.3 is 11.1 Å². The minimum absolute atomic E-state index is 0.642. The summed E-state index contributed by atoms with van der Waals surface area (Å²) in [5.41, 5.74) is 7.94. The number of anilines is 1. The van der Waals surface area contributed by atoms with Crippen molar-refractivity contribution >= 4 is 26.7 Å². The Hall–Kier alpha value is -1.13. The van der Waals surface area contributed by atoms with Crippen molar-refractivity contribution in [3.63, 3.8) is 0 Å². The molecule has 0 radical (unpaired) electrons. The second kappa shape index (κ2) is 4.59. The van der Waals surface area contributed by atoms with Crippen LogP contribution in [-0.2, 0) is 6.54 Å². The first-order valence-corrected chi connectivity index (χ1v) is 5.97. The standard InChI is InChI=1S/C11H15N3S/c1-2-5-13-7-8-3-4-9-10(6-8)15-11(12)14-9/h3-4,6,13H,2,5,7H2,1H3,(H2,12,14). The lowest BCUT2D eigenvalue weighted by Gasteiger charge is -2.02. The quantitative estimate of drug-likeness (QED) is 0.779. The molecule has 0 atom stereocenters. The summed E-state index contributed by atoms with van der Waals surface area (Å²) in [6, 6.07) is 6.29. The average molecular weight is 221 g/mol. The average Bonchev–Trinajstić information content (AvgIpc) is 2.57. The van der Waals surface area contributed by atoms with E-state index in [0.29, 0.717) is 5.13 Å². The van der Waals surface area contributed by atoms with Crippen molar-refractivity contribution < 1.29 is 0 Å². The van der Waals surface area contributed by atoms with E-state index < -0.39 is 0 Å². The zero-order valence-corrected chi connectivity index (χ0v) is 9.60. The van der Waals surface area contributed by atoms with Gasteiger partial charge in [-0.3, -0.25) is 0 Å². The summed E-state index contributed by atoms with van der Waals surface area (Å²) < 4.78 is 1.17. The van der Waals surface area contributed by atoms with Crippen LogP contribution in [0.1, 0.15) is 18.9 Å². The van der Waals surface area contributed by atoms with Gasteiger partial charge in [0.2, 0.25) is 0 Å². The first kappa shape index (κ1) is 10.4. The second-order valence-electron chi connectivity index (χ2n) is 3.53. The van der Waals surface area contributed by atoms with E-state index in [9.17, 15) is 0 Å². The molecule has 1 aromatic carbocycles. The maximum Gasteiger partial charge on any atom is 0.181 e. The van der Waals surface area contributed by atoms with E-state index in [1.54, 1.807) is 11.3 Å². The summed E-state index contributed by atoms with van der Waals surface area (Å²) >= 11 is 1.54. The van der Waals surface area contributed by atoms with E-state index >= 15 is 0 Å². The third-order valence-electron chi connectivity index (χ3n) is 2.23. The lowest BCUT2D eigenvalue weighted by atomic mass is 10.2. The molecule has 4 heteroatoms. The summed E-state index contributed by atoms with van der Waals surface area (Å²) in [6.07, 6.45) is 1.16. The monoisotopic (exact) mass is 221 g/mol. The van der Waals surface area contributed by atoms with Gasteiger partial charge in [-0.05, 0) is 30.7 Å². The molecular formula is C11H15N3S. The molecule has 1 heterocycles. The third kappa shape index (κ3) is 2.46. The van der Waals surface area contributed by atoms with Crippen LogP contribution in [0.3, 0.4) is 0 Å². The number of nitrogens with zero attached hydrogens (tertiary/aromatic N) is 1. The molecule has 0 aliphatic heterocycles. The molecule has 0 amide bonds. The summed E-state index contributed by atoms with van der Waals surface area (Å²) in [5.74, 6) is 0. The summed E-state index contributed by atoms with van der Waals surface area (Å²) in [6.45, 7) is 4.14. The van der Waals surface area contributed by atoms with E-state index in [1.165, 1.54) is 10.3 Å². The normalized spacial score (nSPS) is 11.0.